The lowest BCUT2D eigenvalue weighted by molar-refractivity contribution is -0.128. The standard InChI is InChI=1S/C11H17ClN2O/c1-11(2,8-12)10(15)13-6-9-4-5-14(3)7-9/h4-5,7H,6,8H2,1-3H3,(H,13,15). The molecule has 0 aliphatic rings. The Morgan fingerprint density at radius 2 is 2.27 bits per heavy atom. The number of nitrogens with zero attached hydrogens (tertiary/aromatic N) is 1. The number of nitrogens with one attached hydrogen (secondary N) is 1. The molecule has 3 nitrogen and oxygen atoms in total. The van der Waals surface area contributed by atoms with E-state index in [4.69, 9.17) is 11.6 Å². The van der Waals surface area contributed by atoms with Gasteiger partial charge in [-0.2, -0.15) is 0 Å². The quantitative estimate of drug-likeness (QED) is 0.785. The highest BCUT2D eigenvalue weighted by atomic mass is 35.5. The summed E-state index contributed by atoms with van der Waals surface area (Å²) in [5, 5.41) is 2.87. The monoisotopic (exact) mass is 228 g/mol. The molecule has 4 heteroatoms. The average molecular weight is 229 g/mol. The summed E-state index contributed by atoms with van der Waals surface area (Å²) in [5.74, 6) is 0.314. The Hall–Kier alpha value is -0.960. The first kappa shape index (κ1) is 12.1. The highest BCUT2D eigenvalue weighted by molar-refractivity contribution is 6.19. The van der Waals surface area contributed by atoms with Crippen molar-refractivity contribution >= 4 is 17.5 Å². The summed E-state index contributed by atoms with van der Waals surface area (Å²) in [6, 6.07) is 1.98. The number of hydrogen-bond acceptors (Lipinski definition) is 1. The second-order valence-electron chi connectivity index (χ2n) is 4.39. The second-order valence-corrected chi connectivity index (χ2v) is 4.65. The smallest absolute Gasteiger partial charge is 0.227 e. The van der Waals surface area contributed by atoms with Crippen LogP contribution < -0.4 is 5.32 Å². The maximum absolute atomic E-state index is 11.7. The summed E-state index contributed by atoms with van der Waals surface area (Å²) in [7, 11) is 1.95. The van der Waals surface area contributed by atoms with Crippen molar-refractivity contribution < 1.29 is 4.79 Å². The third kappa shape index (κ3) is 3.27. The van der Waals surface area contributed by atoms with Crippen molar-refractivity contribution in [2.75, 3.05) is 5.88 Å². The molecule has 0 bridgehead atoms. The normalized spacial score (nSPS) is 11.5. The van der Waals surface area contributed by atoms with Crippen molar-refractivity contribution in [2.24, 2.45) is 12.5 Å². The average Bonchev–Trinajstić information content (AvgIpc) is 2.60. The van der Waals surface area contributed by atoms with Crippen molar-refractivity contribution in [2.45, 2.75) is 20.4 Å². The molecule has 1 rings (SSSR count). The molecule has 0 aliphatic carbocycles. The lowest BCUT2D eigenvalue weighted by Crippen LogP contribution is -2.37. The van der Waals surface area contributed by atoms with Crippen LogP contribution in [0.5, 0.6) is 0 Å². The van der Waals surface area contributed by atoms with Gasteiger partial charge in [0, 0.05) is 31.9 Å². The predicted octanol–water partition coefficient (Wildman–Crippen LogP) is 1.91. The Bertz CT molecular complexity index is 344. The van der Waals surface area contributed by atoms with Gasteiger partial charge >= 0.3 is 0 Å². The summed E-state index contributed by atoms with van der Waals surface area (Å²) in [6.07, 6.45) is 3.93. The zero-order valence-corrected chi connectivity index (χ0v) is 10.1. The van der Waals surface area contributed by atoms with Crippen LogP contribution in [0, 0.1) is 5.41 Å². The molecule has 0 aromatic carbocycles. The lowest BCUT2D eigenvalue weighted by atomic mass is 9.95. The lowest BCUT2D eigenvalue weighted by Gasteiger charge is -2.19. The number of aromatic nitrogens is 1. The van der Waals surface area contributed by atoms with E-state index in [0.29, 0.717) is 12.4 Å². The number of carbonyl (C=O) groups is 1. The highest BCUT2D eigenvalue weighted by Crippen LogP contribution is 2.17. The second kappa shape index (κ2) is 4.71. The Balaban J connectivity index is 2.47. The van der Waals surface area contributed by atoms with E-state index in [1.54, 1.807) is 0 Å². The molecule has 0 spiro atoms. The molecule has 0 aliphatic heterocycles. The van der Waals surface area contributed by atoms with Gasteiger partial charge in [0.15, 0.2) is 0 Å². The van der Waals surface area contributed by atoms with Crippen LogP contribution in [0.15, 0.2) is 18.5 Å². The Morgan fingerprint density at radius 1 is 1.60 bits per heavy atom. The molecule has 0 saturated heterocycles. The number of carbonyl (C=O) groups excluding carboxylic acids is 1. The number of halogens is 1. The molecule has 15 heavy (non-hydrogen) atoms. The number of rotatable bonds is 4. The van der Waals surface area contributed by atoms with Crippen molar-refractivity contribution in [3.05, 3.63) is 24.0 Å². The molecule has 1 aromatic heterocycles. The van der Waals surface area contributed by atoms with Crippen LogP contribution in [-0.2, 0) is 18.4 Å². The molecule has 0 saturated carbocycles. The van der Waals surface area contributed by atoms with Crippen LogP contribution in [0.2, 0.25) is 0 Å². The molecule has 84 valence electrons. The van der Waals surface area contributed by atoms with Gasteiger partial charge in [-0.1, -0.05) is 0 Å². The van der Waals surface area contributed by atoms with E-state index in [2.05, 4.69) is 5.32 Å². The summed E-state index contributed by atoms with van der Waals surface area (Å²) < 4.78 is 1.95. The predicted molar refractivity (Wildman–Crippen MR) is 61.8 cm³/mol. The fourth-order valence-corrected chi connectivity index (χ4v) is 1.27. The van der Waals surface area contributed by atoms with Crippen molar-refractivity contribution in [3.63, 3.8) is 0 Å². The molecule has 0 atom stereocenters. The molecule has 1 N–H and O–H groups in total. The minimum Gasteiger partial charge on any atom is -0.357 e. The molecule has 1 heterocycles. The first-order chi connectivity index (χ1) is 6.95. The largest absolute Gasteiger partial charge is 0.357 e. The van der Waals surface area contributed by atoms with Crippen molar-refractivity contribution in [1.29, 1.82) is 0 Å². The molecule has 0 radical (unpaired) electrons. The van der Waals surface area contributed by atoms with Gasteiger partial charge in [-0.3, -0.25) is 4.79 Å². The third-order valence-corrected chi connectivity index (χ3v) is 2.96. The van der Waals surface area contributed by atoms with Crippen LogP contribution >= 0.6 is 11.6 Å². The van der Waals surface area contributed by atoms with Gasteiger partial charge in [0.25, 0.3) is 0 Å². The molecular formula is C11H17ClN2O. The van der Waals surface area contributed by atoms with E-state index in [0.717, 1.165) is 5.56 Å². The number of aryl methyl sites for hydroxylation is 1. The fraction of sp³-hybridized carbons (Fsp3) is 0.545. The SMILES string of the molecule is Cn1ccc(CNC(=O)C(C)(C)CCl)c1. The molecule has 0 fully saturated rings. The summed E-state index contributed by atoms with van der Waals surface area (Å²) in [6.45, 7) is 4.22. The van der Waals surface area contributed by atoms with Gasteiger partial charge in [0.05, 0.1) is 5.41 Å². The molecular weight excluding hydrogens is 212 g/mol. The summed E-state index contributed by atoms with van der Waals surface area (Å²) in [4.78, 5) is 11.7. The molecule has 0 unspecified atom stereocenters. The first-order valence-corrected chi connectivity index (χ1v) is 5.44. The van der Waals surface area contributed by atoms with Crippen LogP contribution in [0.1, 0.15) is 19.4 Å². The highest BCUT2D eigenvalue weighted by Gasteiger charge is 2.25. The van der Waals surface area contributed by atoms with Gasteiger partial charge in [0.2, 0.25) is 5.91 Å². The van der Waals surface area contributed by atoms with Gasteiger partial charge < -0.3 is 9.88 Å². The summed E-state index contributed by atoms with van der Waals surface area (Å²) in [5.41, 5.74) is 0.590. The van der Waals surface area contributed by atoms with E-state index in [1.165, 1.54) is 0 Å². The third-order valence-electron chi connectivity index (χ3n) is 2.30. The van der Waals surface area contributed by atoms with Crippen molar-refractivity contribution in [3.8, 4) is 0 Å². The molecule has 1 aromatic rings. The zero-order chi connectivity index (χ0) is 11.5. The number of alkyl halides is 1. The Labute approximate surface area is 95.4 Å². The van der Waals surface area contributed by atoms with Gasteiger partial charge in [-0.05, 0) is 25.5 Å². The van der Waals surface area contributed by atoms with E-state index in [-0.39, 0.29) is 5.91 Å². The molecule has 1 amide bonds. The van der Waals surface area contributed by atoms with Gasteiger partial charge in [0.1, 0.15) is 0 Å². The fourth-order valence-electron chi connectivity index (χ4n) is 1.15. The van der Waals surface area contributed by atoms with E-state index in [1.807, 2.05) is 43.9 Å². The number of hydrogen-bond donors (Lipinski definition) is 1. The minimum absolute atomic E-state index is 0.0126. The maximum Gasteiger partial charge on any atom is 0.227 e. The van der Waals surface area contributed by atoms with E-state index < -0.39 is 5.41 Å². The van der Waals surface area contributed by atoms with Gasteiger partial charge in [-0.25, -0.2) is 0 Å². The zero-order valence-electron chi connectivity index (χ0n) is 9.38. The van der Waals surface area contributed by atoms with Crippen LogP contribution in [-0.4, -0.2) is 16.4 Å². The Morgan fingerprint density at radius 3 is 2.73 bits per heavy atom. The van der Waals surface area contributed by atoms with Crippen LogP contribution in [0.25, 0.3) is 0 Å². The van der Waals surface area contributed by atoms with E-state index >= 15 is 0 Å². The first-order valence-electron chi connectivity index (χ1n) is 4.91. The topological polar surface area (TPSA) is 34.0 Å². The van der Waals surface area contributed by atoms with Gasteiger partial charge in [-0.15, -0.1) is 11.6 Å². The van der Waals surface area contributed by atoms with Crippen molar-refractivity contribution in [1.82, 2.24) is 9.88 Å². The van der Waals surface area contributed by atoms with Crippen LogP contribution in [0.3, 0.4) is 0 Å². The number of amides is 1. The maximum atomic E-state index is 11.7. The Kier molecular flexibility index (Phi) is 3.80. The minimum atomic E-state index is -0.504. The van der Waals surface area contributed by atoms with E-state index in [9.17, 15) is 4.79 Å². The van der Waals surface area contributed by atoms with Crippen LogP contribution in [0.4, 0.5) is 0 Å². The summed E-state index contributed by atoms with van der Waals surface area (Å²) >= 11 is 5.71.